The second-order valence-electron chi connectivity index (χ2n) is 4.43. The lowest BCUT2D eigenvalue weighted by Crippen LogP contribution is -2.39. The first-order valence-electron chi connectivity index (χ1n) is 5.91. The third-order valence-corrected chi connectivity index (χ3v) is 3.45. The Bertz CT molecular complexity index is 133. The summed E-state index contributed by atoms with van der Waals surface area (Å²) in [6, 6.07) is 0.898. The molecule has 2 heteroatoms. The summed E-state index contributed by atoms with van der Waals surface area (Å²) in [6.07, 6.45) is 8.50. The molecule has 2 rings (SSSR count). The van der Waals surface area contributed by atoms with Gasteiger partial charge < -0.3 is 10.2 Å². The van der Waals surface area contributed by atoms with Crippen molar-refractivity contribution < 1.29 is 0 Å². The van der Waals surface area contributed by atoms with E-state index < -0.39 is 0 Å². The van der Waals surface area contributed by atoms with Gasteiger partial charge in [-0.15, -0.1) is 0 Å². The Balaban J connectivity index is 1.82. The molecule has 2 heterocycles. The fourth-order valence-electron chi connectivity index (χ4n) is 2.65. The first-order valence-corrected chi connectivity index (χ1v) is 5.91. The van der Waals surface area contributed by atoms with Gasteiger partial charge in [0.2, 0.25) is 0 Å². The summed E-state index contributed by atoms with van der Waals surface area (Å²) in [6.45, 7) is 5.21. The quantitative estimate of drug-likeness (QED) is 0.663. The van der Waals surface area contributed by atoms with Crippen molar-refractivity contribution >= 4 is 0 Å². The van der Waals surface area contributed by atoms with Gasteiger partial charge in [0.1, 0.15) is 0 Å². The maximum atomic E-state index is 3.49. The molecule has 0 aliphatic carbocycles. The van der Waals surface area contributed by atoms with Crippen molar-refractivity contribution in [2.75, 3.05) is 26.2 Å². The largest absolute Gasteiger partial charge is 0.317 e. The number of nitrogens with zero attached hydrogens (tertiary/aromatic N) is 1. The zero-order valence-corrected chi connectivity index (χ0v) is 8.60. The van der Waals surface area contributed by atoms with E-state index in [2.05, 4.69) is 10.2 Å². The molecule has 0 amide bonds. The van der Waals surface area contributed by atoms with Gasteiger partial charge in [-0.2, -0.15) is 0 Å². The minimum atomic E-state index is 0.898. The van der Waals surface area contributed by atoms with Crippen LogP contribution in [-0.2, 0) is 0 Å². The van der Waals surface area contributed by atoms with Gasteiger partial charge in [0, 0.05) is 6.04 Å². The van der Waals surface area contributed by atoms with E-state index in [4.69, 9.17) is 0 Å². The number of rotatable bonds is 1. The third-order valence-electron chi connectivity index (χ3n) is 3.45. The van der Waals surface area contributed by atoms with Crippen molar-refractivity contribution in [2.45, 2.75) is 44.6 Å². The van der Waals surface area contributed by atoms with Crippen molar-refractivity contribution in [3.8, 4) is 0 Å². The highest BCUT2D eigenvalue weighted by Crippen LogP contribution is 2.18. The highest BCUT2D eigenvalue weighted by atomic mass is 15.2. The van der Waals surface area contributed by atoms with E-state index in [1.165, 1.54) is 64.7 Å². The molecule has 0 bridgehead atoms. The summed E-state index contributed by atoms with van der Waals surface area (Å²) in [5.74, 6) is 0. The molecular formula is C11H22N2. The Kier molecular flexibility index (Phi) is 3.62. The maximum Gasteiger partial charge on any atom is 0.0108 e. The first-order chi connectivity index (χ1) is 6.47. The van der Waals surface area contributed by atoms with E-state index in [-0.39, 0.29) is 0 Å². The van der Waals surface area contributed by atoms with E-state index in [0.717, 1.165) is 6.04 Å². The molecule has 2 saturated heterocycles. The molecule has 1 atom stereocenters. The molecular weight excluding hydrogens is 160 g/mol. The van der Waals surface area contributed by atoms with Crippen LogP contribution in [0.15, 0.2) is 0 Å². The number of nitrogens with one attached hydrogen (secondary N) is 1. The van der Waals surface area contributed by atoms with Crippen LogP contribution in [0.1, 0.15) is 38.5 Å². The van der Waals surface area contributed by atoms with Crippen LogP contribution >= 0.6 is 0 Å². The lowest BCUT2D eigenvalue weighted by molar-refractivity contribution is 0.151. The van der Waals surface area contributed by atoms with Crippen LogP contribution in [0.4, 0.5) is 0 Å². The van der Waals surface area contributed by atoms with Gasteiger partial charge in [-0.05, 0) is 58.3 Å². The lowest BCUT2D eigenvalue weighted by atomic mass is 10.0. The molecule has 0 aromatic heterocycles. The van der Waals surface area contributed by atoms with E-state index >= 15 is 0 Å². The molecule has 0 saturated carbocycles. The first kappa shape index (κ1) is 9.47. The second kappa shape index (κ2) is 4.97. The molecule has 1 N–H and O–H groups in total. The summed E-state index contributed by atoms with van der Waals surface area (Å²) >= 11 is 0. The molecule has 0 aromatic rings. The Morgan fingerprint density at radius 1 is 0.846 bits per heavy atom. The lowest BCUT2D eigenvalue weighted by Gasteiger charge is -2.33. The Morgan fingerprint density at radius 2 is 1.69 bits per heavy atom. The molecule has 0 unspecified atom stereocenters. The molecule has 0 spiro atoms. The average molecular weight is 182 g/mol. The Labute approximate surface area is 81.7 Å². The van der Waals surface area contributed by atoms with Crippen LogP contribution in [-0.4, -0.2) is 37.1 Å². The highest BCUT2D eigenvalue weighted by molar-refractivity contribution is 4.78. The number of hydrogen-bond donors (Lipinski definition) is 1. The SMILES string of the molecule is C1CCN([C@@H]2CCCNCC2)CC1. The number of piperidine rings is 1. The third kappa shape index (κ3) is 2.68. The summed E-state index contributed by atoms with van der Waals surface area (Å²) in [7, 11) is 0. The minimum absolute atomic E-state index is 0.898. The van der Waals surface area contributed by atoms with Crippen molar-refractivity contribution in [3.05, 3.63) is 0 Å². The number of hydrogen-bond acceptors (Lipinski definition) is 2. The van der Waals surface area contributed by atoms with Crippen LogP contribution in [0.2, 0.25) is 0 Å². The molecule has 2 aliphatic rings. The zero-order chi connectivity index (χ0) is 8.93. The van der Waals surface area contributed by atoms with Gasteiger partial charge in [-0.3, -0.25) is 0 Å². The van der Waals surface area contributed by atoms with E-state index in [1.807, 2.05) is 0 Å². The van der Waals surface area contributed by atoms with Crippen molar-refractivity contribution in [1.82, 2.24) is 10.2 Å². The van der Waals surface area contributed by atoms with Crippen molar-refractivity contribution in [3.63, 3.8) is 0 Å². The number of likely N-dealkylation sites (tertiary alicyclic amines) is 1. The summed E-state index contributed by atoms with van der Waals surface area (Å²) in [5, 5.41) is 3.49. The van der Waals surface area contributed by atoms with Gasteiger partial charge in [0.15, 0.2) is 0 Å². The highest BCUT2D eigenvalue weighted by Gasteiger charge is 2.20. The summed E-state index contributed by atoms with van der Waals surface area (Å²) in [5.41, 5.74) is 0. The fraction of sp³-hybridized carbons (Fsp3) is 1.00. The predicted molar refractivity (Wildman–Crippen MR) is 55.9 cm³/mol. The fourth-order valence-corrected chi connectivity index (χ4v) is 2.65. The van der Waals surface area contributed by atoms with Crippen LogP contribution in [0, 0.1) is 0 Å². The van der Waals surface area contributed by atoms with E-state index in [0.29, 0.717) is 0 Å². The molecule has 76 valence electrons. The molecule has 2 fully saturated rings. The molecule has 2 aliphatic heterocycles. The second-order valence-corrected chi connectivity index (χ2v) is 4.43. The van der Waals surface area contributed by atoms with Gasteiger partial charge >= 0.3 is 0 Å². The van der Waals surface area contributed by atoms with Crippen LogP contribution in [0.3, 0.4) is 0 Å². The van der Waals surface area contributed by atoms with Gasteiger partial charge in [-0.1, -0.05) is 6.42 Å². The minimum Gasteiger partial charge on any atom is -0.317 e. The van der Waals surface area contributed by atoms with Gasteiger partial charge in [-0.25, -0.2) is 0 Å². The smallest absolute Gasteiger partial charge is 0.0108 e. The standard InChI is InChI=1S/C11H22N2/c1-2-9-13(10-3-1)11-5-4-7-12-8-6-11/h11-12H,1-10H2/t11-/m1/s1. The average Bonchev–Trinajstić information content (AvgIpc) is 2.47. The van der Waals surface area contributed by atoms with E-state index in [1.54, 1.807) is 0 Å². The van der Waals surface area contributed by atoms with Gasteiger partial charge in [0.25, 0.3) is 0 Å². The monoisotopic (exact) mass is 182 g/mol. The van der Waals surface area contributed by atoms with Crippen LogP contribution < -0.4 is 5.32 Å². The van der Waals surface area contributed by atoms with Crippen molar-refractivity contribution in [2.24, 2.45) is 0 Å². The predicted octanol–water partition coefficient (Wildman–Crippen LogP) is 1.61. The normalized spacial score (nSPS) is 32.8. The van der Waals surface area contributed by atoms with Crippen LogP contribution in [0.25, 0.3) is 0 Å². The Hall–Kier alpha value is -0.0800. The molecule has 2 nitrogen and oxygen atoms in total. The molecule has 0 aromatic carbocycles. The summed E-state index contributed by atoms with van der Waals surface area (Å²) < 4.78 is 0. The molecule has 13 heavy (non-hydrogen) atoms. The maximum absolute atomic E-state index is 3.49. The molecule has 0 radical (unpaired) electrons. The van der Waals surface area contributed by atoms with Crippen molar-refractivity contribution in [1.29, 1.82) is 0 Å². The summed E-state index contributed by atoms with van der Waals surface area (Å²) in [4.78, 5) is 2.73. The van der Waals surface area contributed by atoms with Gasteiger partial charge in [0.05, 0.1) is 0 Å². The topological polar surface area (TPSA) is 15.3 Å². The Morgan fingerprint density at radius 3 is 2.54 bits per heavy atom. The zero-order valence-electron chi connectivity index (χ0n) is 8.60. The van der Waals surface area contributed by atoms with E-state index in [9.17, 15) is 0 Å². The van der Waals surface area contributed by atoms with Crippen LogP contribution in [0.5, 0.6) is 0 Å².